The van der Waals surface area contributed by atoms with E-state index in [4.69, 9.17) is 9.47 Å². The van der Waals surface area contributed by atoms with Crippen molar-refractivity contribution in [2.24, 2.45) is 11.8 Å². The molecule has 2 aliphatic heterocycles. The number of ether oxygens (including phenoxy) is 2. The van der Waals surface area contributed by atoms with E-state index in [1.807, 2.05) is 0 Å². The Morgan fingerprint density at radius 3 is 3.06 bits per heavy atom. The van der Waals surface area contributed by atoms with Crippen LogP contribution in [-0.4, -0.2) is 23.3 Å². The predicted octanol–water partition coefficient (Wildman–Crippen LogP) is 2.37. The maximum absolute atomic E-state index is 11.8. The lowest BCUT2D eigenvalue weighted by Gasteiger charge is -2.26. The summed E-state index contributed by atoms with van der Waals surface area (Å²) in [5.74, 6) is 0.219. The van der Waals surface area contributed by atoms with E-state index in [0.29, 0.717) is 5.57 Å². The van der Waals surface area contributed by atoms with Gasteiger partial charge in [0.2, 0.25) is 0 Å². The van der Waals surface area contributed by atoms with Gasteiger partial charge in [-0.05, 0) is 33.1 Å². The molecule has 1 spiro atoms. The summed E-state index contributed by atoms with van der Waals surface area (Å²) in [7, 11) is 0. The van der Waals surface area contributed by atoms with E-state index in [1.165, 1.54) is 5.57 Å². The molecule has 3 fully saturated rings. The highest BCUT2D eigenvalue weighted by molar-refractivity contribution is 5.91. The van der Waals surface area contributed by atoms with Crippen LogP contribution in [0.3, 0.4) is 0 Å². The van der Waals surface area contributed by atoms with Crippen LogP contribution >= 0.6 is 0 Å². The number of rotatable bonds is 0. The average molecular weight is 246 g/mol. The van der Waals surface area contributed by atoms with Gasteiger partial charge in [0.25, 0.3) is 0 Å². The van der Waals surface area contributed by atoms with Crippen molar-refractivity contribution in [2.75, 3.05) is 0 Å². The molecule has 3 nitrogen and oxygen atoms in total. The smallest absolute Gasteiger partial charge is 0.334 e. The summed E-state index contributed by atoms with van der Waals surface area (Å²) in [5.41, 5.74) is 1.86. The molecule has 0 aromatic carbocycles. The Bertz CT molecular complexity index is 506. The fraction of sp³-hybridized carbons (Fsp3) is 0.667. The zero-order valence-electron chi connectivity index (χ0n) is 10.9. The molecule has 0 amide bonds. The summed E-state index contributed by atoms with van der Waals surface area (Å²) in [6.07, 6.45) is 5.13. The van der Waals surface area contributed by atoms with E-state index in [-0.39, 0.29) is 35.1 Å². The molecule has 0 unspecified atom stereocenters. The number of epoxide rings is 1. The van der Waals surface area contributed by atoms with Gasteiger partial charge in [0.1, 0.15) is 11.7 Å². The molecular formula is C15H18O3. The quantitative estimate of drug-likeness (QED) is 0.285. The molecule has 2 saturated heterocycles. The number of esters is 1. The van der Waals surface area contributed by atoms with E-state index in [1.54, 1.807) is 0 Å². The predicted molar refractivity (Wildman–Crippen MR) is 65.8 cm³/mol. The lowest BCUT2D eigenvalue weighted by Crippen LogP contribution is -2.37. The van der Waals surface area contributed by atoms with Crippen molar-refractivity contribution in [2.45, 2.75) is 50.4 Å². The standard InChI is InChI=1S/C15H18O3/c1-8-4-7-15-11(8)12-10(9(2)13(16)17-12)5-6-14(15,3)18-15/h4,10-12H,2,5-7H2,1,3H3/t10-,11-,12-,14-,15+/m0/s1. The number of carbonyl (C=O) groups excluding carboxylic acids is 1. The van der Waals surface area contributed by atoms with Crippen molar-refractivity contribution in [3.05, 3.63) is 23.8 Å². The lowest BCUT2D eigenvalue weighted by atomic mass is 9.78. The van der Waals surface area contributed by atoms with Crippen LogP contribution in [0.5, 0.6) is 0 Å². The molecule has 2 aliphatic carbocycles. The van der Waals surface area contributed by atoms with Crippen LogP contribution in [0.4, 0.5) is 0 Å². The third-order valence-corrected chi connectivity index (χ3v) is 5.59. The normalized spacial score (nSPS) is 53.0. The first-order chi connectivity index (χ1) is 8.48. The largest absolute Gasteiger partial charge is 0.458 e. The molecule has 0 aromatic rings. The molecule has 0 aromatic heterocycles. The first-order valence-electron chi connectivity index (χ1n) is 6.75. The summed E-state index contributed by atoms with van der Waals surface area (Å²) in [4.78, 5) is 11.8. The molecule has 0 bridgehead atoms. The van der Waals surface area contributed by atoms with Crippen LogP contribution in [0.15, 0.2) is 23.8 Å². The Balaban J connectivity index is 1.81. The second kappa shape index (κ2) is 2.90. The molecule has 5 atom stereocenters. The van der Waals surface area contributed by atoms with Crippen molar-refractivity contribution in [1.82, 2.24) is 0 Å². The summed E-state index contributed by atoms with van der Waals surface area (Å²) < 4.78 is 11.8. The van der Waals surface area contributed by atoms with Crippen molar-refractivity contribution in [1.29, 1.82) is 0 Å². The number of fused-ring (bicyclic) bond motifs is 2. The molecule has 18 heavy (non-hydrogen) atoms. The Labute approximate surface area is 107 Å². The molecule has 0 N–H and O–H groups in total. The van der Waals surface area contributed by atoms with Gasteiger partial charge in [-0.1, -0.05) is 18.2 Å². The zero-order valence-corrected chi connectivity index (χ0v) is 10.9. The van der Waals surface area contributed by atoms with Gasteiger partial charge in [-0.2, -0.15) is 0 Å². The van der Waals surface area contributed by atoms with Crippen LogP contribution in [-0.2, 0) is 14.3 Å². The molecule has 3 heteroatoms. The second-order valence-electron chi connectivity index (χ2n) is 6.39. The molecule has 0 radical (unpaired) electrons. The molecule has 2 heterocycles. The summed E-state index contributed by atoms with van der Waals surface area (Å²) in [5, 5.41) is 0. The fourth-order valence-electron chi connectivity index (χ4n) is 4.45. The highest BCUT2D eigenvalue weighted by atomic mass is 16.6. The lowest BCUT2D eigenvalue weighted by molar-refractivity contribution is -0.141. The number of hydrogen-bond donors (Lipinski definition) is 0. The molecular weight excluding hydrogens is 228 g/mol. The van der Waals surface area contributed by atoms with Gasteiger partial charge in [0.05, 0.1) is 5.60 Å². The van der Waals surface area contributed by atoms with E-state index in [0.717, 1.165) is 19.3 Å². The minimum absolute atomic E-state index is 0.0248. The van der Waals surface area contributed by atoms with Gasteiger partial charge < -0.3 is 9.47 Å². The van der Waals surface area contributed by atoms with Gasteiger partial charge in [-0.25, -0.2) is 4.79 Å². The summed E-state index contributed by atoms with van der Waals surface area (Å²) in [6, 6.07) is 0. The first kappa shape index (κ1) is 10.8. The van der Waals surface area contributed by atoms with Crippen molar-refractivity contribution in [3.63, 3.8) is 0 Å². The van der Waals surface area contributed by atoms with Gasteiger partial charge in [-0.15, -0.1) is 0 Å². The minimum atomic E-state index is -0.205. The monoisotopic (exact) mass is 246 g/mol. The van der Waals surface area contributed by atoms with Crippen LogP contribution in [0.2, 0.25) is 0 Å². The average Bonchev–Trinajstić information content (AvgIpc) is 2.65. The van der Waals surface area contributed by atoms with E-state index in [2.05, 4.69) is 26.5 Å². The topological polar surface area (TPSA) is 38.8 Å². The van der Waals surface area contributed by atoms with Crippen LogP contribution in [0, 0.1) is 11.8 Å². The summed E-state index contributed by atoms with van der Waals surface area (Å²) in [6.45, 7) is 8.27. The summed E-state index contributed by atoms with van der Waals surface area (Å²) >= 11 is 0. The van der Waals surface area contributed by atoms with Gasteiger partial charge in [0, 0.05) is 17.4 Å². The second-order valence-corrected chi connectivity index (χ2v) is 6.39. The highest BCUT2D eigenvalue weighted by Crippen LogP contribution is 2.67. The van der Waals surface area contributed by atoms with Gasteiger partial charge in [0.15, 0.2) is 0 Å². The molecule has 1 saturated carbocycles. The number of hydrogen-bond acceptors (Lipinski definition) is 3. The maximum atomic E-state index is 11.8. The third kappa shape index (κ3) is 0.993. The maximum Gasteiger partial charge on any atom is 0.334 e. The third-order valence-electron chi connectivity index (χ3n) is 5.59. The first-order valence-corrected chi connectivity index (χ1v) is 6.75. The Hall–Kier alpha value is -1.09. The van der Waals surface area contributed by atoms with E-state index >= 15 is 0 Å². The Morgan fingerprint density at radius 2 is 2.28 bits per heavy atom. The minimum Gasteiger partial charge on any atom is -0.458 e. The van der Waals surface area contributed by atoms with Crippen LogP contribution in [0.25, 0.3) is 0 Å². The molecule has 96 valence electrons. The van der Waals surface area contributed by atoms with Crippen LogP contribution in [0.1, 0.15) is 33.1 Å². The van der Waals surface area contributed by atoms with Crippen molar-refractivity contribution in [3.8, 4) is 0 Å². The van der Waals surface area contributed by atoms with E-state index < -0.39 is 0 Å². The Kier molecular flexibility index (Phi) is 1.74. The molecule has 4 aliphatic rings. The van der Waals surface area contributed by atoms with Crippen LogP contribution < -0.4 is 0 Å². The van der Waals surface area contributed by atoms with Crippen molar-refractivity contribution < 1.29 is 14.3 Å². The van der Waals surface area contributed by atoms with Crippen molar-refractivity contribution >= 4 is 5.97 Å². The van der Waals surface area contributed by atoms with E-state index in [9.17, 15) is 4.79 Å². The van der Waals surface area contributed by atoms with Gasteiger partial charge >= 0.3 is 5.97 Å². The Morgan fingerprint density at radius 1 is 1.50 bits per heavy atom. The fourth-order valence-corrected chi connectivity index (χ4v) is 4.45. The number of carbonyl (C=O) groups is 1. The SMILES string of the molecule is C=C1C(=O)O[C@H]2[C@H]1CC[C@]1(C)O[C@@]13CC=C(C)[C@@H]23. The van der Waals surface area contributed by atoms with Gasteiger partial charge in [-0.3, -0.25) is 0 Å². The zero-order chi connectivity index (χ0) is 12.7. The molecule has 4 rings (SSSR count). The highest BCUT2D eigenvalue weighted by Gasteiger charge is 2.75.